The standard InChI is InChI=1S/C10H12ClN2O2/c1-3-14-9-6-8(13-12)10(15-4-2)5-7(9)11/h5-6H,3-4H2,1-2H3/q+1. The second kappa shape index (κ2) is 5.42. The fourth-order valence-electron chi connectivity index (χ4n) is 1.14. The third kappa shape index (κ3) is 2.74. The minimum absolute atomic E-state index is 0.310. The van der Waals surface area contributed by atoms with Gasteiger partial charge in [-0.2, -0.15) is 0 Å². The molecule has 0 aliphatic heterocycles. The van der Waals surface area contributed by atoms with Crippen molar-refractivity contribution >= 4 is 17.3 Å². The lowest BCUT2D eigenvalue weighted by atomic mass is 10.3. The van der Waals surface area contributed by atoms with Crippen LogP contribution in [0.15, 0.2) is 12.1 Å². The van der Waals surface area contributed by atoms with Gasteiger partial charge < -0.3 is 9.47 Å². The van der Waals surface area contributed by atoms with Crippen LogP contribution in [-0.2, 0) is 0 Å². The molecule has 0 atom stereocenters. The third-order valence-corrected chi connectivity index (χ3v) is 2.02. The molecule has 0 bridgehead atoms. The summed E-state index contributed by atoms with van der Waals surface area (Å²) in [5, 5.41) is 9.21. The minimum Gasteiger partial charge on any atom is -0.492 e. The molecule has 0 aliphatic carbocycles. The zero-order chi connectivity index (χ0) is 11.3. The van der Waals surface area contributed by atoms with Crippen LogP contribution in [0.25, 0.3) is 4.98 Å². The van der Waals surface area contributed by atoms with E-state index < -0.39 is 0 Å². The Morgan fingerprint density at radius 1 is 1.20 bits per heavy atom. The van der Waals surface area contributed by atoms with E-state index in [1.54, 1.807) is 6.07 Å². The van der Waals surface area contributed by atoms with Gasteiger partial charge in [-0.3, -0.25) is 0 Å². The number of halogens is 1. The Morgan fingerprint density at radius 3 is 2.33 bits per heavy atom. The summed E-state index contributed by atoms with van der Waals surface area (Å²) in [5.41, 5.74) is 0.310. The lowest BCUT2D eigenvalue weighted by Gasteiger charge is -2.05. The quantitative estimate of drug-likeness (QED) is 0.738. The molecular formula is C10H12ClN2O2+. The second-order valence-electron chi connectivity index (χ2n) is 2.72. The molecule has 1 aromatic carbocycles. The molecule has 0 spiro atoms. The average Bonchev–Trinajstić information content (AvgIpc) is 2.22. The largest absolute Gasteiger partial charge is 0.492 e. The number of rotatable bonds is 4. The van der Waals surface area contributed by atoms with Crippen LogP contribution in [0.4, 0.5) is 5.69 Å². The van der Waals surface area contributed by atoms with Gasteiger partial charge in [-0.15, -0.1) is 0 Å². The maximum absolute atomic E-state index is 8.77. The van der Waals surface area contributed by atoms with Crippen molar-refractivity contribution in [3.05, 3.63) is 22.1 Å². The van der Waals surface area contributed by atoms with Crippen molar-refractivity contribution < 1.29 is 9.47 Å². The van der Waals surface area contributed by atoms with E-state index in [2.05, 4.69) is 4.98 Å². The van der Waals surface area contributed by atoms with Gasteiger partial charge in [0.25, 0.3) is 0 Å². The van der Waals surface area contributed by atoms with Crippen molar-refractivity contribution in [3.8, 4) is 11.5 Å². The van der Waals surface area contributed by atoms with Gasteiger partial charge in [0.2, 0.25) is 11.1 Å². The van der Waals surface area contributed by atoms with E-state index in [-0.39, 0.29) is 0 Å². The van der Waals surface area contributed by atoms with Crippen molar-refractivity contribution in [3.63, 3.8) is 0 Å². The summed E-state index contributed by atoms with van der Waals surface area (Å²) in [5.74, 6) is 0.920. The summed E-state index contributed by atoms with van der Waals surface area (Å²) < 4.78 is 10.5. The fourth-order valence-corrected chi connectivity index (χ4v) is 1.35. The zero-order valence-corrected chi connectivity index (χ0v) is 9.41. The van der Waals surface area contributed by atoms with E-state index in [9.17, 15) is 0 Å². The molecule has 80 valence electrons. The summed E-state index contributed by atoms with van der Waals surface area (Å²) in [6.45, 7) is 4.67. The van der Waals surface area contributed by atoms with Crippen molar-refractivity contribution in [1.82, 2.24) is 0 Å². The van der Waals surface area contributed by atoms with Gasteiger partial charge in [0.15, 0.2) is 4.98 Å². The lowest BCUT2D eigenvalue weighted by Crippen LogP contribution is -1.95. The summed E-state index contributed by atoms with van der Waals surface area (Å²) in [4.78, 5) is 3.11. The van der Waals surface area contributed by atoms with Gasteiger partial charge in [-0.25, -0.2) is 0 Å². The number of ether oxygens (including phenoxy) is 2. The number of hydrogen-bond donors (Lipinski definition) is 0. The molecule has 0 aliphatic rings. The molecular weight excluding hydrogens is 216 g/mol. The van der Waals surface area contributed by atoms with Crippen LogP contribution in [0, 0.1) is 5.39 Å². The van der Waals surface area contributed by atoms with E-state index in [1.165, 1.54) is 6.07 Å². The molecule has 5 heteroatoms. The molecule has 0 heterocycles. The molecule has 0 unspecified atom stereocenters. The summed E-state index contributed by atoms with van der Waals surface area (Å²) in [7, 11) is 0. The van der Waals surface area contributed by atoms with Crippen molar-refractivity contribution in [1.29, 1.82) is 5.39 Å². The van der Waals surface area contributed by atoms with Gasteiger partial charge in [0, 0.05) is 6.07 Å². The van der Waals surface area contributed by atoms with Crippen LogP contribution in [0.5, 0.6) is 11.5 Å². The molecule has 0 saturated heterocycles. The van der Waals surface area contributed by atoms with Gasteiger partial charge in [-0.1, -0.05) is 11.6 Å². The molecule has 0 radical (unpaired) electrons. The smallest absolute Gasteiger partial charge is 0.430 e. The van der Waals surface area contributed by atoms with Crippen LogP contribution in [0.1, 0.15) is 13.8 Å². The van der Waals surface area contributed by atoms with Crippen molar-refractivity contribution in [2.75, 3.05) is 13.2 Å². The molecule has 0 aromatic heterocycles. The van der Waals surface area contributed by atoms with Gasteiger partial charge in [0.1, 0.15) is 5.75 Å². The number of diazo groups is 1. The predicted molar refractivity (Wildman–Crippen MR) is 58.5 cm³/mol. The monoisotopic (exact) mass is 227 g/mol. The van der Waals surface area contributed by atoms with E-state index in [0.717, 1.165) is 0 Å². The lowest BCUT2D eigenvalue weighted by molar-refractivity contribution is 0.332. The molecule has 0 amide bonds. The molecule has 1 aromatic rings. The molecule has 1 rings (SSSR count). The highest BCUT2D eigenvalue weighted by molar-refractivity contribution is 6.32. The summed E-state index contributed by atoms with van der Waals surface area (Å²) in [6.07, 6.45) is 0. The molecule has 0 fully saturated rings. The van der Waals surface area contributed by atoms with E-state index >= 15 is 0 Å². The molecule has 15 heavy (non-hydrogen) atoms. The summed E-state index contributed by atoms with van der Waals surface area (Å²) in [6, 6.07) is 3.11. The van der Waals surface area contributed by atoms with Gasteiger partial charge in [-0.05, 0) is 13.8 Å². The Balaban J connectivity index is 3.12. The first-order chi connectivity index (χ1) is 7.22. The van der Waals surface area contributed by atoms with Crippen molar-refractivity contribution in [2.45, 2.75) is 13.8 Å². The van der Waals surface area contributed by atoms with Crippen LogP contribution in [-0.4, -0.2) is 13.2 Å². The highest BCUT2D eigenvalue weighted by Gasteiger charge is 2.19. The normalized spacial score (nSPS) is 9.47. The number of nitrogens with zero attached hydrogens (tertiary/aromatic N) is 2. The molecule has 4 nitrogen and oxygen atoms in total. The van der Waals surface area contributed by atoms with Crippen LogP contribution in [0.2, 0.25) is 5.02 Å². The van der Waals surface area contributed by atoms with Crippen LogP contribution in [0.3, 0.4) is 0 Å². The Hall–Kier alpha value is -1.47. The first-order valence-corrected chi connectivity index (χ1v) is 5.05. The average molecular weight is 228 g/mol. The van der Waals surface area contributed by atoms with Crippen LogP contribution >= 0.6 is 11.6 Å². The Labute approximate surface area is 93.4 Å². The Kier molecular flexibility index (Phi) is 4.19. The maximum Gasteiger partial charge on any atom is 0.430 e. The van der Waals surface area contributed by atoms with Gasteiger partial charge >= 0.3 is 5.69 Å². The SMILES string of the molecule is CCOc1cc([N+]#N)c(OCC)cc1Cl. The summed E-state index contributed by atoms with van der Waals surface area (Å²) >= 11 is 5.94. The highest BCUT2D eigenvalue weighted by atomic mass is 35.5. The number of hydrogen-bond acceptors (Lipinski definition) is 3. The van der Waals surface area contributed by atoms with E-state index in [1.807, 2.05) is 13.8 Å². The van der Waals surface area contributed by atoms with Crippen LogP contribution < -0.4 is 9.47 Å². The zero-order valence-electron chi connectivity index (χ0n) is 8.66. The highest BCUT2D eigenvalue weighted by Crippen LogP contribution is 2.37. The second-order valence-corrected chi connectivity index (χ2v) is 3.12. The fraction of sp³-hybridized carbons (Fsp3) is 0.400. The third-order valence-electron chi connectivity index (χ3n) is 1.72. The topological polar surface area (TPSA) is 46.6 Å². The van der Waals surface area contributed by atoms with Crippen molar-refractivity contribution in [2.24, 2.45) is 0 Å². The first-order valence-electron chi connectivity index (χ1n) is 4.67. The molecule has 0 N–H and O–H groups in total. The first kappa shape index (κ1) is 11.6. The van der Waals surface area contributed by atoms with E-state index in [0.29, 0.717) is 35.4 Å². The van der Waals surface area contributed by atoms with E-state index in [4.69, 9.17) is 26.5 Å². The Bertz CT molecular complexity index is 388. The number of benzene rings is 1. The minimum atomic E-state index is 0.310. The van der Waals surface area contributed by atoms with Gasteiger partial charge in [0.05, 0.1) is 24.3 Å². The molecule has 0 saturated carbocycles. The predicted octanol–water partition coefficient (Wildman–Crippen LogP) is 3.62. The maximum atomic E-state index is 8.77. The Morgan fingerprint density at radius 2 is 1.80 bits per heavy atom.